The van der Waals surface area contributed by atoms with E-state index in [0.717, 1.165) is 24.2 Å². The Morgan fingerprint density at radius 2 is 1.10 bits per heavy atom. The van der Waals surface area contributed by atoms with Crippen LogP contribution in [0.2, 0.25) is 0 Å². The van der Waals surface area contributed by atoms with Crippen molar-refractivity contribution < 1.29 is 14.5 Å². The number of hydrogen-bond donors (Lipinski definition) is 1. The summed E-state index contributed by atoms with van der Waals surface area (Å²) in [5, 5.41) is 17.6. The fourth-order valence-electron chi connectivity index (χ4n) is 4.11. The van der Waals surface area contributed by atoms with Crippen molar-refractivity contribution in [2.45, 2.75) is 130 Å². The Morgan fingerprint density at radius 3 is 1.41 bits per heavy atom. The first-order valence-corrected chi connectivity index (χ1v) is 12.3. The van der Waals surface area contributed by atoms with Crippen LogP contribution in [0.3, 0.4) is 0 Å². The van der Waals surface area contributed by atoms with Crippen molar-refractivity contribution in [2.75, 3.05) is 6.54 Å². The summed E-state index contributed by atoms with van der Waals surface area (Å²) in [6.45, 7) is 6.45. The van der Waals surface area contributed by atoms with Gasteiger partial charge in [0.05, 0.1) is 0 Å². The standard InChI is InChI=1S/C24H45N3O2/c1-4-5-6-7-8-9-10-11-12-13-14-15-16-17-18-19-20-21-27(24(28)29)23(3)22(2)25-26-27/h4-21H2,1-3H3/p+1. The van der Waals surface area contributed by atoms with Crippen molar-refractivity contribution >= 4 is 6.09 Å². The molecule has 0 bridgehead atoms. The van der Waals surface area contributed by atoms with Crippen molar-refractivity contribution in [2.24, 2.45) is 10.3 Å². The molecule has 0 aromatic carbocycles. The first kappa shape index (κ1) is 25.8. The van der Waals surface area contributed by atoms with Gasteiger partial charge in [0.15, 0.2) is 5.70 Å². The first-order valence-electron chi connectivity index (χ1n) is 12.3. The Kier molecular flexibility index (Phi) is 13.9. The summed E-state index contributed by atoms with van der Waals surface area (Å²) in [6, 6.07) is 0. The van der Waals surface area contributed by atoms with E-state index in [0.29, 0.717) is 6.54 Å². The van der Waals surface area contributed by atoms with Crippen LogP contribution in [0.4, 0.5) is 4.79 Å². The van der Waals surface area contributed by atoms with Gasteiger partial charge in [-0.05, 0) is 17.9 Å². The van der Waals surface area contributed by atoms with Crippen LogP contribution in [0.25, 0.3) is 0 Å². The molecule has 0 aliphatic carbocycles. The van der Waals surface area contributed by atoms with Crippen LogP contribution in [0.5, 0.6) is 0 Å². The molecule has 1 aliphatic rings. The smallest absolute Gasteiger partial charge is 0.433 e. The Bertz CT molecular complexity index is 516. The molecular weight excluding hydrogens is 362 g/mol. The average Bonchev–Trinajstić information content (AvgIpc) is 3.00. The molecule has 1 aliphatic heterocycles. The number of hydrogen-bond acceptors (Lipinski definition) is 3. The molecule has 168 valence electrons. The highest BCUT2D eigenvalue weighted by Crippen LogP contribution is 2.30. The summed E-state index contributed by atoms with van der Waals surface area (Å²) in [4.78, 5) is 11.7. The molecule has 1 amide bonds. The van der Waals surface area contributed by atoms with Crippen molar-refractivity contribution in [3.05, 3.63) is 11.4 Å². The normalized spacial score (nSPS) is 18.7. The van der Waals surface area contributed by atoms with E-state index in [1.807, 2.05) is 13.8 Å². The van der Waals surface area contributed by atoms with Gasteiger partial charge in [-0.3, -0.25) is 0 Å². The van der Waals surface area contributed by atoms with Gasteiger partial charge in [0.2, 0.25) is 0 Å². The molecule has 1 heterocycles. The van der Waals surface area contributed by atoms with E-state index in [1.54, 1.807) is 0 Å². The van der Waals surface area contributed by atoms with E-state index in [4.69, 9.17) is 0 Å². The fourth-order valence-corrected chi connectivity index (χ4v) is 4.11. The third-order valence-corrected chi connectivity index (χ3v) is 6.33. The number of unbranched alkanes of at least 4 members (excludes halogenated alkanes) is 16. The molecule has 0 aromatic rings. The summed E-state index contributed by atoms with van der Waals surface area (Å²) in [7, 11) is 0. The zero-order valence-electron chi connectivity index (χ0n) is 19.4. The molecule has 29 heavy (non-hydrogen) atoms. The summed E-state index contributed by atoms with van der Waals surface area (Å²) in [5.41, 5.74) is 1.48. The Labute approximate surface area is 179 Å². The van der Waals surface area contributed by atoms with Gasteiger partial charge in [-0.25, -0.2) is 0 Å². The monoisotopic (exact) mass is 408 g/mol. The highest BCUT2D eigenvalue weighted by molar-refractivity contribution is 5.58. The van der Waals surface area contributed by atoms with Gasteiger partial charge in [0.25, 0.3) is 0 Å². The zero-order valence-corrected chi connectivity index (χ0v) is 19.4. The first-order chi connectivity index (χ1) is 14.0. The van der Waals surface area contributed by atoms with Gasteiger partial charge in [-0.15, -0.1) is 0 Å². The summed E-state index contributed by atoms with van der Waals surface area (Å²) >= 11 is 0. The van der Waals surface area contributed by atoms with Gasteiger partial charge < -0.3 is 5.11 Å². The third-order valence-electron chi connectivity index (χ3n) is 6.33. The number of amides is 1. The minimum absolute atomic E-state index is 0.343. The molecule has 5 heteroatoms. The van der Waals surface area contributed by atoms with Crippen LogP contribution in [-0.2, 0) is 0 Å². The number of allylic oxidation sites excluding steroid dienone is 2. The average molecular weight is 409 g/mol. The topological polar surface area (TPSA) is 62.0 Å². The molecule has 1 rings (SSSR count). The van der Waals surface area contributed by atoms with Crippen LogP contribution in [0.1, 0.15) is 130 Å². The second-order valence-corrected chi connectivity index (χ2v) is 8.79. The van der Waals surface area contributed by atoms with E-state index >= 15 is 0 Å². The molecule has 1 N–H and O–H groups in total. The van der Waals surface area contributed by atoms with Gasteiger partial charge >= 0.3 is 6.09 Å². The summed E-state index contributed by atoms with van der Waals surface area (Å²) < 4.78 is -0.343. The molecule has 1 unspecified atom stereocenters. The molecule has 0 saturated carbocycles. The second-order valence-electron chi connectivity index (χ2n) is 8.79. The maximum atomic E-state index is 11.7. The van der Waals surface area contributed by atoms with Crippen molar-refractivity contribution in [1.82, 2.24) is 0 Å². The Balaban J connectivity index is 1.89. The maximum absolute atomic E-state index is 11.7. The summed E-state index contributed by atoms with van der Waals surface area (Å²) in [5.74, 6) is 0. The number of quaternary nitrogens is 1. The predicted molar refractivity (Wildman–Crippen MR) is 121 cm³/mol. The maximum Gasteiger partial charge on any atom is 0.547 e. The van der Waals surface area contributed by atoms with Gasteiger partial charge in [0.1, 0.15) is 12.2 Å². The molecular formula is C24H46N3O2+. The highest BCUT2D eigenvalue weighted by Gasteiger charge is 2.45. The van der Waals surface area contributed by atoms with Crippen LogP contribution in [0.15, 0.2) is 21.7 Å². The Hall–Kier alpha value is -1.23. The lowest BCUT2D eigenvalue weighted by Gasteiger charge is -2.21. The minimum Gasteiger partial charge on any atom is -0.433 e. The molecule has 0 spiro atoms. The van der Waals surface area contributed by atoms with Gasteiger partial charge in [-0.2, -0.15) is 4.79 Å². The van der Waals surface area contributed by atoms with E-state index in [2.05, 4.69) is 17.3 Å². The van der Waals surface area contributed by atoms with Crippen molar-refractivity contribution in [1.29, 1.82) is 0 Å². The molecule has 0 radical (unpaired) electrons. The lowest BCUT2D eigenvalue weighted by atomic mass is 10.0. The lowest BCUT2D eigenvalue weighted by Crippen LogP contribution is -2.44. The quantitative estimate of drug-likeness (QED) is 0.182. The third kappa shape index (κ3) is 9.88. The molecule has 0 saturated heterocycles. The minimum atomic E-state index is -0.917. The molecule has 0 aromatic heterocycles. The number of carboxylic acid groups (broad SMARTS) is 1. The Morgan fingerprint density at radius 1 is 0.724 bits per heavy atom. The molecule has 5 nitrogen and oxygen atoms in total. The second kappa shape index (κ2) is 15.6. The predicted octanol–water partition coefficient (Wildman–Crippen LogP) is 8.77. The van der Waals surface area contributed by atoms with Crippen molar-refractivity contribution in [3.8, 4) is 0 Å². The lowest BCUT2D eigenvalue weighted by molar-refractivity contribution is -0.827. The van der Waals surface area contributed by atoms with E-state index < -0.39 is 6.09 Å². The number of rotatable bonds is 18. The zero-order chi connectivity index (χ0) is 21.4. The van der Waals surface area contributed by atoms with Crippen LogP contribution >= 0.6 is 0 Å². The van der Waals surface area contributed by atoms with Gasteiger partial charge in [-0.1, -0.05) is 108 Å². The molecule has 0 fully saturated rings. The highest BCUT2D eigenvalue weighted by atomic mass is 16.4. The van der Waals surface area contributed by atoms with Gasteiger partial charge in [0, 0.05) is 18.6 Å². The number of carbonyl (C=O) groups is 1. The van der Waals surface area contributed by atoms with Crippen LogP contribution < -0.4 is 0 Å². The molecule has 1 atom stereocenters. The van der Waals surface area contributed by atoms with E-state index in [1.165, 1.54) is 96.3 Å². The van der Waals surface area contributed by atoms with Crippen LogP contribution in [0, 0.1) is 0 Å². The SMILES string of the molecule is CCCCCCCCCCCCCCCCCCC[N+]1(C(=O)O)N=NC(C)=C1C. The van der Waals surface area contributed by atoms with Crippen molar-refractivity contribution in [3.63, 3.8) is 0 Å². The fraction of sp³-hybridized carbons (Fsp3) is 0.875. The summed E-state index contributed by atoms with van der Waals surface area (Å²) in [6.07, 6.45) is 21.7. The van der Waals surface area contributed by atoms with Crippen LogP contribution in [-0.4, -0.2) is 22.3 Å². The van der Waals surface area contributed by atoms with E-state index in [9.17, 15) is 9.90 Å². The van der Waals surface area contributed by atoms with E-state index in [-0.39, 0.29) is 4.59 Å². The number of nitrogens with zero attached hydrogens (tertiary/aromatic N) is 3. The largest absolute Gasteiger partial charge is 0.547 e.